The zero-order chi connectivity index (χ0) is 14.9. The van der Waals surface area contributed by atoms with Gasteiger partial charge >= 0.3 is 0 Å². The van der Waals surface area contributed by atoms with Crippen LogP contribution in [-0.4, -0.2) is 14.9 Å². The maximum Gasteiger partial charge on any atom is 0.248 e. The quantitative estimate of drug-likeness (QED) is 0.788. The summed E-state index contributed by atoms with van der Waals surface area (Å²) in [6.45, 7) is 0. The Morgan fingerprint density at radius 2 is 1.73 bits per heavy atom. The number of nitrogens with one attached hydrogen (secondary N) is 1. The second kappa shape index (κ2) is 5.00. The molecule has 0 spiro atoms. The molecule has 0 fully saturated rings. The van der Waals surface area contributed by atoms with Gasteiger partial charge in [0.15, 0.2) is 0 Å². The Balaban J connectivity index is 1.81. The van der Waals surface area contributed by atoms with E-state index in [4.69, 9.17) is 0 Å². The van der Waals surface area contributed by atoms with Gasteiger partial charge in [0.25, 0.3) is 0 Å². The Kier molecular flexibility index (Phi) is 2.86. The third kappa shape index (κ3) is 2.10. The molecule has 1 aliphatic rings. The molecule has 1 aliphatic heterocycles. The minimum Gasteiger partial charge on any atom is -0.321 e. The lowest BCUT2D eigenvalue weighted by atomic mass is 10.1. The third-order valence-corrected chi connectivity index (χ3v) is 3.44. The molecule has 2 heterocycles. The summed E-state index contributed by atoms with van der Waals surface area (Å²) in [6, 6.07) is 16.2. The summed E-state index contributed by atoms with van der Waals surface area (Å²) < 4.78 is 14.9. The fraction of sp³-hybridized carbons (Fsp3) is 0. The van der Waals surface area contributed by atoms with Gasteiger partial charge in [0.2, 0.25) is 5.95 Å². The highest BCUT2D eigenvalue weighted by Gasteiger charge is 2.20. The fourth-order valence-corrected chi connectivity index (χ4v) is 2.36. The van der Waals surface area contributed by atoms with Gasteiger partial charge in [-0.1, -0.05) is 30.3 Å². The van der Waals surface area contributed by atoms with Gasteiger partial charge < -0.3 is 5.32 Å². The molecule has 0 atom stereocenters. The van der Waals surface area contributed by atoms with Gasteiger partial charge in [-0.2, -0.15) is 0 Å². The van der Waals surface area contributed by atoms with Crippen LogP contribution in [0.2, 0.25) is 0 Å². The number of hydrogen-bond donors (Lipinski definition) is 1. The Morgan fingerprint density at radius 3 is 2.50 bits per heavy atom. The highest BCUT2D eigenvalue weighted by molar-refractivity contribution is 5.79. The zero-order valence-electron chi connectivity index (χ0n) is 11.5. The van der Waals surface area contributed by atoms with E-state index in [2.05, 4.69) is 15.5 Å². The van der Waals surface area contributed by atoms with Crippen molar-refractivity contribution in [3.8, 4) is 0 Å². The standard InChI is InChI=1S/C16H12FN5/c17-13-6-8-14(9-7-13)21-10-15(12-4-2-1-3-5-12)19-16-20-18-11-22(16)21/h1-11H,(H,19,20). The highest BCUT2D eigenvalue weighted by atomic mass is 19.1. The van der Waals surface area contributed by atoms with E-state index >= 15 is 0 Å². The van der Waals surface area contributed by atoms with Crippen molar-refractivity contribution in [3.05, 3.63) is 78.5 Å². The van der Waals surface area contributed by atoms with E-state index in [1.807, 2.05) is 41.5 Å². The van der Waals surface area contributed by atoms with E-state index < -0.39 is 0 Å². The van der Waals surface area contributed by atoms with Crippen LogP contribution in [0.25, 0.3) is 5.70 Å². The number of hydrogen-bond acceptors (Lipinski definition) is 4. The van der Waals surface area contributed by atoms with Gasteiger partial charge in [0, 0.05) is 0 Å². The number of halogens is 1. The molecule has 1 N–H and O–H groups in total. The minimum absolute atomic E-state index is 0.268. The normalized spacial score (nSPS) is 13.3. The lowest BCUT2D eigenvalue weighted by Crippen LogP contribution is -2.29. The molecule has 108 valence electrons. The smallest absolute Gasteiger partial charge is 0.248 e. The predicted molar refractivity (Wildman–Crippen MR) is 82.3 cm³/mol. The largest absolute Gasteiger partial charge is 0.321 e. The van der Waals surface area contributed by atoms with Crippen molar-refractivity contribution in [1.29, 1.82) is 0 Å². The third-order valence-electron chi connectivity index (χ3n) is 3.44. The summed E-state index contributed by atoms with van der Waals surface area (Å²) in [4.78, 5) is 0. The first kappa shape index (κ1) is 12.6. The van der Waals surface area contributed by atoms with Crippen LogP contribution in [0.3, 0.4) is 0 Å². The van der Waals surface area contributed by atoms with Crippen LogP contribution >= 0.6 is 0 Å². The molecule has 0 radical (unpaired) electrons. The van der Waals surface area contributed by atoms with Crippen molar-refractivity contribution in [2.24, 2.45) is 0 Å². The van der Waals surface area contributed by atoms with Crippen molar-refractivity contribution < 1.29 is 4.39 Å². The SMILES string of the molecule is Fc1ccc(N2C=C(c3ccccc3)Nc3nncn32)cc1. The van der Waals surface area contributed by atoms with Crippen LogP contribution in [0, 0.1) is 5.82 Å². The molecule has 0 aliphatic carbocycles. The molecule has 2 aromatic carbocycles. The monoisotopic (exact) mass is 293 g/mol. The van der Waals surface area contributed by atoms with Gasteiger partial charge in [-0.25, -0.2) is 9.07 Å². The molecule has 0 bridgehead atoms. The second-order valence-corrected chi connectivity index (χ2v) is 4.85. The van der Waals surface area contributed by atoms with Crippen molar-refractivity contribution in [3.63, 3.8) is 0 Å². The summed E-state index contributed by atoms with van der Waals surface area (Å²) in [6.07, 6.45) is 3.53. The number of fused-ring (bicyclic) bond motifs is 1. The van der Waals surface area contributed by atoms with E-state index in [9.17, 15) is 4.39 Å². The molecule has 1 aromatic heterocycles. The van der Waals surface area contributed by atoms with Crippen LogP contribution in [-0.2, 0) is 0 Å². The van der Waals surface area contributed by atoms with Gasteiger partial charge in [-0.05, 0) is 29.8 Å². The first-order valence-electron chi connectivity index (χ1n) is 6.81. The van der Waals surface area contributed by atoms with Gasteiger partial charge in [0.1, 0.15) is 12.1 Å². The number of benzene rings is 2. The van der Waals surface area contributed by atoms with E-state index in [-0.39, 0.29) is 5.82 Å². The number of rotatable bonds is 2. The summed E-state index contributed by atoms with van der Waals surface area (Å²) in [5, 5.41) is 13.1. The molecule has 6 heteroatoms. The van der Waals surface area contributed by atoms with Gasteiger partial charge in [0.05, 0.1) is 17.6 Å². The van der Waals surface area contributed by atoms with Gasteiger partial charge in [-0.3, -0.25) is 5.01 Å². The molecule has 3 aromatic rings. The van der Waals surface area contributed by atoms with Crippen LogP contribution < -0.4 is 10.3 Å². The summed E-state index contributed by atoms with van der Waals surface area (Å²) in [5.41, 5.74) is 2.74. The van der Waals surface area contributed by atoms with Crippen molar-refractivity contribution in [2.45, 2.75) is 0 Å². The Morgan fingerprint density at radius 1 is 0.955 bits per heavy atom. The van der Waals surface area contributed by atoms with Crippen molar-refractivity contribution >= 4 is 17.3 Å². The average molecular weight is 293 g/mol. The number of aromatic nitrogens is 3. The molecule has 0 saturated heterocycles. The molecule has 4 rings (SSSR count). The maximum absolute atomic E-state index is 13.2. The number of nitrogens with zero attached hydrogens (tertiary/aromatic N) is 4. The average Bonchev–Trinajstić information content (AvgIpc) is 3.04. The van der Waals surface area contributed by atoms with Crippen LogP contribution in [0.5, 0.6) is 0 Å². The lowest BCUT2D eigenvalue weighted by Gasteiger charge is -2.28. The molecule has 0 unspecified atom stereocenters. The van der Waals surface area contributed by atoms with Gasteiger partial charge in [-0.15, -0.1) is 10.2 Å². The van der Waals surface area contributed by atoms with Crippen molar-refractivity contribution in [2.75, 3.05) is 10.3 Å². The molecule has 0 amide bonds. The molecule has 5 nitrogen and oxygen atoms in total. The van der Waals surface area contributed by atoms with Crippen LogP contribution in [0.15, 0.2) is 67.1 Å². The van der Waals surface area contributed by atoms with E-state index in [0.29, 0.717) is 5.95 Å². The summed E-state index contributed by atoms with van der Waals surface area (Å²) in [5.74, 6) is 0.334. The molecular formula is C16H12FN5. The maximum atomic E-state index is 13.2. The Labute approximate surface area is 126 Å². The lowest BCUT2D eigenvalue weighted by molar-refractivity contribution is 0.627. The Hall–Kier alpha value is -3.15. The van der Waals surface area contributed by atoms with Crippen LogP contribution in [0.4, 0.5) is 16.0 Å². The van der Waals surface area contributed by atoms with Crippen molar-refractivity contribution in [1.82, 2.24) is 14.9 Å². The van der Waals surface area contributed by atoms with E-state index in [1.165, 1.54) is 12.1 Å². The Bertz CT molecular complexity index is 823. The minimum atomic E-state index is -0.268. The molecular weight excluding hydrogens is 281 g/mol. The molecule has 22 heavy (non-hydrogen) atoms. The number of anilines is 2. The predicted octanol–water partition coefficient (Wildman–Crippen LogP) is 3.11. The fourth-order valence-electron chi connectivity index (χ4n) is 2.36. The molecule has 0 saturated carbocycles. The van der Waals surface area contributed by atoms with Crippen LogP contribution in [0.1, 0.15) is 5.56 Å². The van der Waals surface area contributed by atoms with E-state index in [1.54, 1.807) is 23.1 Å². The highest BCUT2D eigenvalue weighted by Crippen LogP contribution is 2.27. The summed E-state index contributed by atoms with van der Waals surface area (Å²) in [7, 11) is 0. The second-order valence-electron chi connectivity index (χ2n) is 4.85. The summed E-state index contributed by atoms with van der Waals surface area (Å²) >= 11 is 0. The first-order chi connectivity index (χ1) is 10.8. The topological polar surface area (TPSA) is 46.0 Å². The first-order valence-corrected chi connectivity index (χ1v) is 6.81. The van der Waals surface area contributed by atoms with E-state index in [0.717, 1.165) is 16.9 Å². The zero-order valence-corrected chi connectivity index (χ0v) is 11.5.